The Labute approximate surface area is 94.9 Å². The number of ether oxygens (including phenoxy) is 1. The Morgan fingerprint density at radius 2 is 2.47 bits per heavy atom. The van der Waals surface area contributed by atoms with Gasteiger partial charge >= 0.3 is 0 Å². The zero-order valence-electron chi connectivity index (χ0n) is 9.16. The number of nitrogens with zero attached hydrogens (tertiary/aromatic N) is 1. The van der Waals surface area contributed by atoms with Gasteiger partial charge in [0.1, 0.15) is 0 Å². The van der Waals surface area contributed by atoms with Gasteiger partial charge in [-0.15, -0.1) is 11.3 Å². The molecule has 0 saturated heterocycles. The largest absolute Gasteiger partial charge is 0.383 e. The highest BCUT2D eigenvalue weighted by atomic mass is 32.1. The summed E-state index contributed by atoms with van der Waals surface area (Å²) >= 11 is 1.80. The van der Waals surface area contributed by atoms with Gasteiger partial charge in [-0.1, -0.05) is 0 Å². The minimum Gasteiger partial charge on any atom is -0.383 e. The van der Waals surface area contributed by atoms with Crippen molar-refractivity contribution in [2.75, 3.05) is 20.3 Å². The van der Waals surface area contributed by atoms with Crippen molar-refractivity contribution in [3.8, 4) is 0 Å². The summed E-state index contributed by atoms with van der Waals surface area (Å²) in [6.07, 6.45) is 4.00. The van der Waals surface area contributed by atoms with Gasteiger partial charge in [0.15, 0.2) is 0 Å². The van der Waals surface area contributed by atoms with E-state index in [9.17, 15) is 0 Å². The molecule has 1 saturated carbocycles. The molecule has 0 bridgehead atoms. The van der Waals surface area contributed by atoms with Crippen molar-refractivity contribution < 1.29 is 4.74 Å². The number of aromatic nitrogens is 1. The second-order valence-electron chi connectivity index (χ2n) is 4.05. The van der Waals surface area contributed by atoms with E-state index in [4.69, 9.17) is 4.74 Å². The molecule has 0 radical (unpaired) electrons. The Hall–Kier alpha value is -0.450. The van der Waals surface area contributed by atoms with E-state index >= 15 is 0 Å². The fourth-order valence-corrected chi connectivity index (χ4v) is 2.39. The third kappa shape index (κ3) is 3.89. The Morgan fingerprint density at radius 1 is 1.60 bits per heavy atom. The molecule has 3 nitrogen and oxygen atoms in total. The van der Waals surface area contributed by atoms with Crippen LogP contribution >= 0.6 is 11.3 Å². The number of rotatable bonds is 7. The molecule has 15 heavy (non-hydrogen) atoms. The average Bonchev–Trinajstić information content (AvgIpc) is 2.93. The Morgan fingerprint density at radius 3 is 3.20 bits per heavy atom. The van der Waals surface area contributed by atoms with Gasteiger partial charge in [-0.2, -0.15) is 0 Å². The van der Waals surface area contributed by atoms with Gasteiger partial charge in [-0.25, -0.2) is 4.98 Å². The van der Waals surface area contributed by atoms with Crippen molar-refractivity contribution in [3.05, 3.63) is 16.1 Å². The maximum Gasteiger partial charge on any atom is 0.0931 e. The van der Waals surface area contributed by atoms with Gasteiger partial charge in [0, 0.05) is 32.0 Å². The first-order valence-electron chi connectivity index (χ1n) is 5.51. The van der Waals surface area contributed by atoms with Crippen molar-refractivity contribution in [2.45, 2.75) is 25.8 Å². The lowest BCUT2D eigenvalue weighted by Crippen LogP contribution is -2.18. The first-order valence-corrected chi connectivity index (χ1v) is 6.39. The van der Waals surface area contributed by atoms with Crippen LogP contribution in [-0.2, 0) is 17.7 Å². The summed E-state index contributed by atoms with van der Waals surface area (Å²) in [5.74, 6) is 0.936. The molecule has 84 valence electrons. The molecule has 4 heteroatoms. The van der Waals surface area contributed by atoms with Gasteiger partial charge in [0.05, 0.1) is 17.3 Å². The Balaban J connectivity index is 1.69. The van der Waals surface area contributed by atoms with E-state index in [1.165, 1.54) is 30.0 Å². The Kier molecular flexibility index (Phi) is 4.11. The highest BCUT2D eigenvalue weighted by molar-refractivity contribution is 7.09. The molecular formula is C11H18N2OS. The second kappa shape index (κ2) is 5.58. The molecule has 1 aliphatic carbocycles. The van der Waals surface area contributed by atoms with Crippen LogP contribution in [0.4, 0.5) is 0 Å². The van der Waals surface area contributed by atoms with Gasteiger partial charge in [0.2, 0.25) is 0 Å². The van der Waals surface area contributed by atoms with Crippen LogP contribution in [0.15, 0.2) is 5.38 Å². The van der Waals surface area contributed by atoms with Crippen LogP contribution in [-0.4, -0.2) is 25.2 Å². The summed E-state index contributed by atoms with van der Waals surface area (Å²) in [5, 5.41) is 6.77. The van der Waals surface area contributed by atoms with Crippen molar-refractivity contribution in [1.82, 2.24) is 10.3 Å². The molecule has 0 unspecified atom stereocenters. The first kappa shape index (κ1) is 11.0. The fraction of sp³-hybridized carbons (Fsp3) is 0.727. The molecule has 2 rings (SSSR count). The highest BCUT2D eigenvalue weighted by Crippen LogP contribution is 2.33. The van der Waals surface area contributed by atoms with E-state index in [1.807, 2.05) is 0 Å². The maximum absolute atomic E-state index is 4.97. The second-order valence-corrected chi connectivity index (χ2v) is 4.99. The standard InChI is InChI=1S/C11H18N2OS/c1-14-5-4-12-7-10-8-15-11(13-10)6-9-2-3-9/h8-9,12H,2-7H2,1H3. The van der Waals surface area contributed by atoms with Crippen molar-refractivity contribution in [1.29, 1.82) is 0 Å². The summed E-state index contributed by atoms with van der Waals surface area (Å²) in [6, 6.07) is 0. The van der Waals surface area contributed by atoms with Crippen molar-refractivity contribution in [3.63, 3.8) is 0 Å². The Bertz CT molecular complexity index is 297. The summed E-state index contributed by atoms with van der Waals surface area (Å²) in [7, 11) is 1.72. The number of nitrogens with one attached hydrogen (secondary N) is 1. The summed E-state index contributed by atoms with van der Waals surface area (Å²) in [4.78, 5) is 4.60. The molecule has 0 amide bonds. The predicted octanol–water partition coefficient (Wildman–Crippen LogP) is 1.83. The number of hydrogen-bond donors (Lipinski definition) is 1. The lowest BCUT2D eigenvalue weighted by Gasteiger charge is -2.00. The molecule has 0 aromatic carbocycles. The molecule has 0 aliphatic heterocycles. The topological polar surface area (TPSA) is 34.1 Å². The first-order chi connectivity index (χ1) is 7.38. The average molecular weight is 226 g/mol. The van der Waals surface area contributed by atoms with Crippen molar-refractivity contribution >= 4 is 11.3 Å². The quantitative estimate of drug-likeness (QED) is 0.720. The van der Waals surface area contributed by atoms with E-state index in [-0.39, 0.29) is 0 Å². The molecular weight excluding hydrogens is 208 g/mol. The molecule has 1 heterocycles. The number of thiazole rings is 1. The number of hydrogen-bond acceptors (Lipinski definition) is 4. The molecule has 0 spiro atoms. The lowest BCUT2D eigenvalue weighted by atomic mass is 10.3. The summed E-state index contributed by atoms with van der Waals surface area (Å²) in [6.45, 7) is 2.52. The zero-order chi connectivity index (χ0) is 10.5. The smallest absolute Gasteiger partial charge is 0.0931 e. The van der Waals surface area contributed by atoms with Gasteiger partial charge in [-0.05, 0) is 18.8 Å². The minimum absolute atomic E-state index is 0.763. The zero-order valence-corrected chi connectivity index (χ0v) is 9.98. The summed E-state index contributed by atoms with van der Waals surface area (Å²) < 4.78 is 4.97. The normalized spacial score (nSPS) is 15.8. The predicted molar refractivity (Wildman–Crippen MR) is 62.1 cm³/mol. The molecule has 1 aromatic rings. The lowest BCUT2D eigenvalue weighted by molar-refractivity contribution is 0.199. The van der Waals surface area contributed by atoms with Crippen LogP contribution in [0.5, 0.6) is 0 Å². The van der Waals surface area contributed by atoms with E-state index in [0.29, 0.717) is 0 Å². The van der Waals surface area contributed by atoms with Crippen LogP contribution in [0.25, 0.3) is 0 Å². The van der Waals surface area contributed by atoms with Gasteiger partial charge in [0.25, 0.3) is 0 Å². The van der Waals surface area contributed by atoms with E-state index in [1.54, 1.807) is 18.4 Å². The molecule has 1 aromatic heterocycles. The fourth-order valence-electron chi connectivity index (χ4n) is 1.48. The van der Waals surface area contributed by atoms with Crippen LogP contribution in [0.2, 0.25) is 0 Å². The van der Waals surface area contributed by atoms with E-state index in [0.717, 1.165) is 25.6 Å². The van der Waals surface area contributed by atoms with Gasteiger partial charge in [-0.3, -0.25) is 0 Å². The van der Waals surface area contributed by atoms with Crippen LogP contribution < -0.4 is 5.32 Å². The third-order valence-electron chi connectivity index (χ3n) is 2.55. The molecule has 1 aliphatic rings. The molecule has 0 atom stereocenters. The van der Waals surface area contributed by atoms with Crippen molar-refractivity contribution in [2.24, 2.45) is 5.92 Å². The highest BCUT2D eigenvalue weighted by Gasteiger charge is 2.22. The molecule has 1 N–H and O–H groups in total. The van der Waals surface area contributed by atoms with Crippen LogP contribution in [0.1, 0.15) is 23.5 Å². The van der Waals surface area contributed by atoms with Gasteiger partial charge < -0.3 is 10.1 Å². The molecule has 1 fully saturated rings. The minimum atomic E-state index is 0.763. The van der Waals surface area contributed by atoms with E-state index < -0.39 is 0 Å². The monoisotopic (exact) mass is 226 g/mol. The van der Waals surface area contributed by atoms with E-state index in [2.05, 4.69) is 15.7 Å². The maximum atomic E-state index is 4.97. The SMILES string of the molecule is COCCNCc1csc(CC2CC2)n1. The van der Waals surface area contributed by atoms with Crippen LogP contribution in [0, 0.1) is 5.92 Å². The summed E-state index contributed by atoms with van der Waals surface area (Å²) in [5.41, 5.74) is 1.17. The third-order valence-corrected chi connectivity index (χ3v) is 3.47. The van der Waals surface area contributed by atoms with Crippen LogP contribution in [0.3, 0.4) is 0 Å². The number of methoxy groups -OCH3 is 1.